The van der Waals surface area contributed by atoms with Crippen molar-refractivity contribution in [2.45, 2.75) is 13.1 Å². The van der Waals surface area contributed by atoms with Crippen LogP contribution in [0.15, 0.2) is 41.7 Å². The molecule has 0 aromatic heterocycles. The normalized spacial score (nSPS) is 12.1. The number of allylic oxidation sites excluding steroid dienone is 1. The SMILES string of the molecule is CCOC(=O)/C(F)=C(\C#Cc1ccccc1)C(F)(F)F. The lowest BCUT2D eigenvalue weighted by Crippen LogP contribution is -2.17. The van der Waals surface area contributed by atoms with Crippen molar-refractivity contribution in [3.8, 4) is 11.8 Å². The van der Waals surface area contributed by atoms with E-state index in [2.05, 4.69) is 10.7 Å². The van der Waals surface area contributed by atoms with E-state index in [0.29, 0.717) is 0 Å². The highest BCUT2D eigenvalue weighted by atomic mass is 19.4. The molecule has 0 saturated carbocycles. The summed E-state index contributed by atoms with van der Waals surface area (Å²) >= 11 is 0. The molecular weight excluding hydrogens is 276 g/mol. The van der Waals surface area contributed by atoms with Gasteiger partial charge in [0.1, 0.15) is 5.57 Å². The van der Waals surface area contributed by atoms with Crippen LogP contribution in [0.2, 0.25) is 0 Å². The molecule has 6 heteroatoms. The van der Waals surface area contributed by atoms with Crippen LogP contribution in [0.5, 0.6) is 0 Å². The van der Waals surface area contributed by atoms with Gasteiger partial charge in [-0.25, -0.2) is 4.79 Å². The Morgan fingerprint density at radius 2 is 1.85 bits per heavy atom. The number of carbonyl (C=O) groups is 1. The lowest BCUT2D eigenvalue weighted by molar-refractivity contribution is -0.141. The first-order chi connectivity index (χ1) is 9.36. The number of benzene rings is 1. The number of esters is 1. The molecule has 0 saturated heterocycles. The number of alkyl halides is 3. The molecule has 0 spiro atoms. The number of ether oxygens (including phenoxy) is 1. The van der Waals surface area contributed by atoms with Gasteiger partial charge in [-0.05, 0) is 19.1 Å². The van der Waals surface area contributed by atoms with Gasteiger partial charge in [0.05, 0.1) is 6.61 Å². The topological polar surface area (TPSA) is 26.3 Å². The van der Waals surface area contributed by atoms with Crippen molar-refractivity contribution < 1.29 is 27.1 Å². The van der Waals surface area contributed by atoms with E-state index in [-0.39, 0.29) is 12.2 Å². The Labute approximate surface area is 113 Å². The predicted molar refractivity (Wildman–Crippen MR) is 64.1 cm³/mol. The van der Waals surface area contributed by atoms with E-state index in [1.807, 2.05) is 0 Å². The first-order valence-corrected chi connectivity index (χ1v) is 5.57. The van der Waals surface area contributed by atoms with Crippen LogP contribution in [-0.4, -0.2) is 18.8 Å². The summed E-state index contributed by atoms with van der Waals surface area (Å²) in [6.07, 6.45) is -5.07. The molecule has 2 nitrogen and oxygen atoms in total. The van der Waals surface area contributed by atoms with Crippen LogP contribution in [0.4, 0.5) is 17.6 Å². The highest BCUT2D eigenvalue weighted by Crippen LogP contribution is 2.29. The Kier molecular flexibility index (Phi) is 5.32. The minimum Gasteiger partial charge on any atom is -0.461 e. The number of hydrogen-bond donors (Lipinski definition) is 0. The molecule has 106 valence electrons. The van der Waals surface area contributed by atoms with E-state index in [9.17, 15) is 22.4 Å². The molecule has 0 N–H and O–H groups in total. The number of hydrogen-bond acceptors (Lipinski definition) is 2. The minimum absolute atomic E-state index is 0.233. The third-order valence-electron chi connectivity index (χ3n) is 2.06. The summed E-state index contributed by atoms with van der Waals surface area (Å²) in [5.74, 6) is 0.0798. The molecule has 0 amide bonds. The number of carbonyl (C=O) groups excluding carboxylic acids is 1. The van der Waals surface area contributed by atoms with Gasteiger partial charge in [0.25, 0.3) is 0 Å². The molecular formula is C14H10F4O2. The minimum atomic E-state index is -5.07. The van der Waals surface area contributed by atoms with Crippen LogP contribution in [0.1, 0.15) is 12.5 Å². The van der Waals surface area contributed by atoms with Gasteiger partial charge < -0.3 is 4.74 Å². The van der Waals surface area contributed by atoms with Crippen LogP contribution < -0.4 is 0 Å². The largest absolute Gasteiger partial charge is 0.461 e. The number of rotatable bonds is 2. The molecule has 1 aromatic carbocycles. The lowest BCUT2D eigenvalue weighted by Gasteiger charge is -2.07. The summed E-state index contributed by atoms with van der Waals surface area (Å²) in [6, 6.07) is 7.73. The molecule has 0 bridgehead atoms. The van der Waals surface area contributed by atoms with Crippen molar-refractivity contribution in [3.05, 3.63) is 47.3 Å². The van der Waals surface area contributed by atoms with E-state index >= 15 is 0 Å². The third kappa shape index (κ3) is 4.43. The maximum Gasteiger partial charge on any atom is 0.427 e. The van der Waals surface area contributed by atoms with Crippen molar-refractivity contribution in [2.75, 3.05) is 6.61 Å². The van der Waals surface area contributed by atoms with Gasteiger partial charge in [0.2, 0.25) is 5.83 Å². The molecule has 0 atom stereocenters. The zero-order valence-electron chi connectivity index (χ0n) is 10.4. The summed E-state index contributed by atoms with van der Waals surface area (Å²) < 4.78 is 55.6. The third-order valence-corrected chi connectivity index (χ3v) is 2.06. The van der Waals surface area contributed by atoms with Crippen molar-refractivity contribution >= 4 is 5.97 Å². The molecule has 20 heavy (non-hydrogen) atoms. The highest BCUT2D eigenvalue weighted by Gasteiger charge is 2.38. The van der Waals surface area contributed by atoms with Crippen molar-refractivity contribution in [1.82, 2.24) is 0 Å². The molecule has 0 aliphatic rings. The fourth-order valence-corrected chi connectivity index (χ4v) is 1.20. The van der Waals surface area contributed by atoms with E-state index in [1.165, 1.54) is 19.1 Å². The maximum absolute atomic E-state index is 13.4. The maximum atomic E-state index is 13.4. The fourth-order valence-electron chi connectivity index (χ4n) is 1.20. The summed E-state index contributed by atoms with van der Waals surface area (Å²) in [5, 5.41) is 0. The highest BCUT2D eigenvalue weighted by molar-refractivity contribution is 5.88. The van der Waals surface area contributed by atoms with Gasteiger partial charge in [-0.2, -0.15) is 17.6 Å². The first-order valence-electron chi connectivity index (χ1n) is 5.57. The average Bonchev–Trinajstić information content (AvgIpc) is 2.38. The van der Waals surface area contributed by atoms with Gasteiger partial charge in [-0.3, -0.25) is 0 Å². The summed E-state index contributed by atoms with van der Waals surface area (Å²) in [5.41, 5.74) is -1.58. The molecule has 0 heterocycles. The second-order valence-corrected chi connectivity index (χ2v) is 3.52. The zero-order chi connectivity index (χ0) is 15.2. The molecule has 0 fully saturated rings. The zero-order valence-corrected chi connectivity index (χ0v) is 10.4. The molecule has 0 unspecified atom stereocenters. The van der Waals surface area contributed by atoms with Gasteiger partial charge in [-0.15, -0.1) is 0 Å². The van der Waals surface area contributed by atoms with E-state index in [4.69, 9.17) is 0 Å². The Bertz CT molecular complexity index is 562. The van der Waals surface area contributed by atoms with Crippen LogP contribution in [-0.2, 0) is 9.53 Å². The van der Waals surface area contributed by atoms with Crippen LogP contribution in [0.3, 0.4) is 0 Å². The summed E-state index contributed by atoms with van der Waals surface area (Å²) in [7, 11) is 0. The Morgan fingerprint density at radius 3 is 2.35 bits per heavy atom. The van der Waals surface area contributed by atoms with Crippen molar-refractivity contribution in [2.24, 2.45) is 0 Å². The molecule has 0 aliphatic carbocycles. The Balaban J connectivity index is 3.19. The average molecular weight is 286 g/mol. The standard InChI is InChI=1S/C14H10F4O2/c1-2-20-13(19)12(15)11(14(16,17)18)9-8-10-6-4-3-5-7-10/h3-7H,2H2,1H3/b12-11-. The predicted octanol–water partition coefficient (Wildman–Crippen LogP) is 3.39. The first kappa shape index (κ1) is 15.8. The second kappa shape index (κ2) is 6.75. The number of halogens is 4. The van der Waals surface area contributed by atoms with E-state index in [1.54, 1.807) is 24.1 Å². The fraction of sp³-hybridized carbons (Fsp3) is 0.214. The van der Waals surface area contributed by atoms with Crippen molar-refractivity contribution in [3.63, 3.8) is 0 Å². The van der Waals surface area contributed by atoms with Gasteiger partial charge in [0.15, 0.2) is 0 Å². The quantitative estimate of drug-likeness (QED) is 0.360. The van der Waals surface area contributed by atoms with E-state index in [0.717, 1.165) is 0 Å². The second-order valence-electron chi connectivity index (χ2n) is 3.52. The van der Waals surface area contributed by atoms with Crippen LogP contribution >= 0.6 is 0 Å². The van der Waals surface area contributed by atoms with Gasteiger partial charge >= 0.3 is 12.1 Å². The van der Waals surface area contributed by atoms with Crippen LogP contribution in [0.25, 0.3) is 0 Å². The Hall–Kier alpha value is -2.29. The summed E-state index contributed by atoms with van der Waals surface area (Å²) in [6.45, 7) is 1.12. The van der Waals surface area contributed by atoms with Gasteiger partial charge in [-0.1, -0.05) is 30.0 Å². The Morgan fingerprint density at radius 1 is 1.25 bits per heavy atom. The smallest absolute Gasteiger partial charge is 0.427 e. The van der Waals surface area contributed by atoms with Crippen molar-refractivity contribution in [1.29, 1.82) is 0 Å². The molecule has 1 aromatic rings. The molecule has 0 aliphatic heterocycles. The molecule has 1 rings (SSSR count). The van der Waals surface area contributed by atoms with E-state index < -0.39 is 23.5 Å². The summed E-state index contributed by atoms with van der Waals surface area (Å²) in [4.78, 5) is 11.0. The molecule has 0 radical (unpaired) electrons. The lowest BCUT2D eigenvalue weighted by atomic mass is 10.2. The van der Waals surface area contributed by atoms with Gasteiger partial charge in [0, 0.05) is 5.56 Å². The van der Waals surface area contributed by atoms with Crippen LogP contribution in [0, 0.1) is 11.8 Å². The monoisotopic (exact) mass is 286 g/mol.